The van der Waals surface area contributed by atoms with Gasteiger partial charge in [-0.25, -0.2) is 4.98 Å². The number of carbonyl (C=O) groups is 1. The summed E-state index contributed by atoms with van der Waals surface area (Å²) in [7, 11) is 1.82. The van der Waals surface area contributed by atoms with Gasteiger partial charge in [-0.2, -0.15) is 0 Å². The highest BCUT2D eigenvalue weighted by molar-refractivity contribution is 7.15. The van der Waals surface area contributed by atoms with Crippen molar-refractivity contribution in [3.63, 3.8) is 0 Å². The van der Waals surface area contributed by atoms with E-state index in [9.17, 15) is 4.79 Å². The Bertz CT molecular complexity index is 369. The van der Waals surface area contributed by atoms with E-state index in [1.54, 1.807) is 16.2 Å². The van der Waals surface area contributed by atoms with Gasteiger partial charge >= 0.3 is 0 Å². The molecule has 1 aliphatic rings. The summed E-state index contributed by atoms with van der Waals surface area (Å²) in [5, 5.41) is 3.86. The lowest BCUT2D eigenvalue weighted by Crippen LogP contribution is -2.36. The molecule has 1 N–H and O–H groups in total. The molecule has 1 saturated heterocycles. The average Bonchev–Trinajstić information content (AvgIpc) is 2.71. The zero-order valence-corrected chi connectivity index (χ0v) is 10.0. The van der Waals surface area contributed by atoms with Crippen LogP contribution in [-0.2, 0) is 4.79 Å². The van der Waals surface area contributed by atoms with Crippen LogP contribution in [0.1, 0.15) is 17.0 Å². The molecule has 1 atom stereocenters. The first-order valence-electron chi connectivity index (χ1n) is 5.06. The molecule has 1 aromatic rings. The average molecular weight is 225 g/mol. The molecule has 1 unspecified atom stereocenters. The zero-order valence-electron chi connectivity index (χ0n) is 9.20. The summed E-state index contributed by atoms with van der Waals surface area (Å²) in [6, 6.07) is -0.0329. The third-order valence-corrected chi connectivity index (χ3v) is 3.90. The second-order valence-electron chi connectivity index (χ2n) is 3.76. The molecule has 4 nitrogen and oxygen atoms in total. The monoisotopic (exact) mass is 225 g/mol. The third-order valence-electron chi connectivity index (χ3n) is 2.80. The quantitative estimate of drug-likeness (QED) is 0.819. The lowest BCUT2D eigenvalue weighted by molar-refractivity contribution is -0.118. The molecule has 0 saturated carbocycles. The van der Waals surface area contributed by atoms with Crippen LogP contribution in [0.3, 0.4) is 0 Å². The van der Waals surface area contributed by atoms with Crippen LogP contribution in [0.25, 0.3) is 0 Å². The Morgan fingerprint density at radius 3 is 2.73 bits per heavy atom. The van der Waals surface area contributed by atoms with E-state index in [-0.39, 0.29) is 11.9 Å². The molecule has 2 heterocycles. The predicted molar refractivity (Wildman–Crippen MR) is 61.4 cm³/mol. The standard InChI is InChI=1S/C10H15N3OS/c1-6-7(2)15-10(12-6)13-5-4-8(11-3)9(13)14/h8,11H,4-5H2,1-3H3. The Labute approximate surface area is 93.3 Å². The van der Waals surface area contributed by atoms with Crippen molar-refractivity contribution in [2.24, 2.45) is 0 Å². The molecule has 0 aliphatic carbocycles. The number of anilines is 1. The smallest absolute Gasteiger partial charge is 0.245 e. The summed E-state index contributed by atoms with van der Waals surface area (Å²) in [5.41, 5.74) is 1.02. The Kier molecular flexibility index (Phi) is 2.75. The van der Waals surface area contributed by atoms with Crippen molar-refractivity contribution in [1.29, 1.82) is 0 Å². The first kappa shape index (κ1) is 10.6. The van der Waals surface area contributed by atoms with Crippen LogP contribution in [0.4, 0.5) is 5.13 Å². The van der Waals surface area contributed by atoms with E-state index in [0.717, 1.165) is 23.8 Å². The number of thiazole rings is 1. The highest BCUT2D eigenvalue weighted by Gasteiger charge is 2.32. The van der Waals surface area contributed by atoms with Gasteiger partial charge in [0.2, 0.25) is 5.91 Å². The molecule has 1 aromatic heterocycles. The number of carbonyl (C=O) groups excluding carboxylic acids is 1. The fourth-order valence-electron chi connectivity index (χ4n) is 1.71. The topological polar surface area (TPSA) is 45.2 Å². The SMILES string of the molecule is CNC1CCN(c2nc(C)c(C)s2)C1=O. The van der Waals surface area contributed by atoms with Crippen LogP contribution in [0.2, 0.25) is 0 Å². The molecule has 0 aromatic carbocycles. The lowest BCUT2D eigenvalue weighted by Gasteiger charge is -2.12. The molecular formula is C10H15N3OS. The van der Waals surface area contributed by atoms with E-state index in [4.69, 9.17) is 0 Å². The van der Waals surface area contributed by atoms with Gasteiger partial charge in [-0.05, 0) is 27.3 Å². The molecule has 0 bridgehead atoms. The summed E-state index contributed by atoms with van der Waals surface area (Å²) in [6.07, 6.45) is 0.868. The summed E-state index contributed by atoms with van der Waals surface area (Å²) >= 11 is 1.59. The van der Waals surface area contributed by atoms with Gasteiger partial charge in [0.15, 0.2) is 5.13 Å². The number of amides is 1. The van der Waals surface area contributed by atoms with E-state index in [2.05, 4.69) is 10.3 Å². The first-order valence-corrected chi connectivity index (χ1v) is 5.88. The van der Waals surface area contributed by atoms with Gasteiger partial charge in [-0.15, -0.1) is 11.3 Å². The molecule has 0 radical (unpaired) electrons. The van der Waals surface area contributed by atoms with E-state index < -0.39 is 0 Å². The Balaban J connectivity index is 2.22. The second kappa shape index (κ2) is 3.90. The van der Waals surface area contributed by atoms with Crippen molar-refractivity contribution in [1.82, 2.24) is 10.3 Å². The molecule has 2 rings (SSSR count). The zero-order chi connectivity index (χ0) is 11.0. The van der Waals surface area contributed by atoms with Crippen molar-refractivity contribution in [2.75, 3.05) is 18.5 Å². The number of likely N-dealkylation sites (N-methyl/N-ethyl adjacent to an activating group) is 1. The van der Waals surface area contributed by atoms with E-state index in [0.29, 0.717) is 0 Å². The van der Waals surface area contributed by atoms with Crippen LogP contribution in [-0.4, -0.2) is 30.5 Å². The van der Waals surface area contributed by atoms with Gasteiger partial charge in [0.1, 0.15) is 0 Å². The summed E-state index contributed by atoms with van der Waals surface area (Å²) < 4.78 is 0. The maximum Gasteiger partial charge on any atom is 0.245 e. The predicted octanol–water partition coefficient (Wildman–Crippen LogP) is 1.08. The largest absolute Gasteiger partial charge is 0.309 e. The van der Waals surface area contributed by atoms with Crippen LogP contribution in [0, 0.1) is 13.8 Å². The van der Waals surface area contributed by atoms with Gasteiger partial charge in [0.05, 0.1) is 11.7 Å². The molecule has 1 amide bonds. The number of aryl methyl sites for hydroxylation is 2. The Hall–Kier alpha value is -0.940. The number of aromatic nitrogens is 1. The molecule has 15 heavy (non-hydrogen) atoms. The number of hydrogen-bond acceptors (Lipinski definition) is 4. The van der Waals surface area contributed by atoms with E-state index >= 15 is 0 Å². The number of nitrogens with one attached hydrogen (secondary N) is 1. The minimum Gasteiger partial charge on any atom is -0.309 e. The van der Waals surface area contributed by atoms with Crippen LogP contribution in [0.5, 0.6) is 0 Å². The minimum atomic E-state index is -0.0329. The van der Waals surface area contributed by atoms with Gasteiger partial charge in [-0.3, -0.25) is 9.69 Å². The van der Waals surface area contributed by atoms with Crippen molar-refractivity contribution >= 4 is 22.4 Å². The normalized spacial score (nSPS) is 21.4. The minimum absolute atomic E-state index is 0.0329. The van der Waals surface area contributed by atoms with Crippen molar-refractivity contribution in [2.45, 2.75) is 26.3 Å². The summed E-state index contributed by atoms with van der Waals surface area (Å²) in [6.45, 7) is 4.79. The van der Waals surface area contributed by atoms with Crippen LogP contribution >= 0.6 is 11.3 Å². The van der Waals surface area contributed by atoms with Crippen molar-refractivity contribution in [3.8, 4) is 0 Å². The van der Waals surface area contributed by atoms with Crippen LogP contribution in [0.15, 0.2) is 0 Å². The number of hydrogen-bond donors (Lipinski definition) is 1. The number of rotatable bonds is 2. The molecule has 1 aliphatic heterocycles. The molecule has 1 fully saturated rings. The lowest BCUT2D eigenvalue weighted by atomic mass is 10.3. The highest BCUT2D eigenvalue weighted by atomic mass is 32.1. The Morgan fingerprint density at radius 2 is 2.27 bits per heavy atom. The maximum absolute atomic E-state index is 11.9. The fourth-order valence-corrected chi connectivity index (χ4v) is 2.65. The summed E-state index contributed by atoms with van der Waals surface area (Å²) in [5.74, 6) is 0.145. The third kappa shape index (κ3) is 1.77. The number of nitrogens with zero attached hydrogens (tertiary/aromatic N) is 2. The van der Waals surface area contributed by atoms with Crippen molar-refractivity contribution in [3.05, 3.63) is 10.6 Å². The first-order chi connectivity index (χ1) is 7.13. The maximum atomic E-state index is 11.9. The molecule has 0 spiro atoms. The molecular weight excluding hydrogens is 210 g/mol. The van der Waals surface area contributed by atoms with E-state index in [1.807, 2.05) is 20.9 Å². The Morgan fingerprint density at radius 1 is 1.53 bits per heavy atom. The van der Waals surface area contributed by atoms with Gasteiger partial charge in [0.25, 0.3) is 0 Å². The van der Waals surface area contributed by atoms with E-state index in [1.165, 1.54) is 4.88 Å². The van der Waals surface area contributed by atoms with Gasteiger partial charge < -0.3 is 5.32 Å². The van der Waals surface area contributed by atoms with Gasteiger partial charge in [0, 0.05) is 11.4 Å². The fraction of sp³-hybridized carbons (Fsp3) is 0.600. The van der Waals surface area contributed by atoms with Gasteiger partial charge in [-0.1, -0.05) is 0 Å². The highest BCUT2D eigenvalue weighted by Crippen LogP contribution is 2.28. The molecule has 82 valence electrons. The summed E-state index contributed by atoms with van der Waals surface area (Å²) in [4.78, 5) is 19.3. The molecule has 5 heteroatoms. The second-order valence-corrected chi connectivity index (χ2v) is 4.94. The van der Waals surface area contributed by atoms with Crippen molar-refractivity contribution < 1.29 is 4.79 Å². The van der Waals surface area contributed by atoms with Crippen LogP contribution < -0.4 is 10.2 Å².